The quantitative estimate of drug-likeness (QED) is 0.761. The maximum absolute atomic E-state index is 11.2. The molecule has 1 aliphatic heterocycles. The molecule has 14 heavy (non-hydrogen) atoms. The van der Waals surface area contributed by atoms with Crippen LogP contribution in [0.2, 0.25) is 0 Å². The van der Waals surface area contributed by atoms with Gasteiger partial charge in [-0.2, -0.15) is 0 Å². The van der Waals surface area contributed by atoms with E-state index in [2.05, 4.69) is 12.2 Å². The number of rotatable bonds is 3. The van der Waals surface area contributed by atoms with Gasteiger partial charge < -0.3 is 5.32 Å². The van der Waals surface area contributed by atoms with E-state index in [0.717, 1.165) is 18.9 Å². The van der Waals surface area contributed by atoms with E-state index < -0.39 is 9.84 Å². The molecule has 3 unspecified atom stereocenters. The van der Waals surface area contributed by atoms with Crippen molar-refractivity contribution in [3.8, 4) is 0 Å². The van der Waals surface area contributed by atoms with Crippen molar-refractivity contribution < 1.29 is 8.42 Å². The predicted octanol–water partition coefficient (Wildman–Crippen LogP) is 0.809. The number of nitrogens with one attached hydrogen (secondary N) is 1. The van der Waals surface area contributed by atoms with Gasteiger partial charge >= 0.3 is 0 Å². The summed E-state index contributed by atoms with van der Waals surface area (Å²) in [7, 11) is -2.69. The maximum Gasteiger partial charge on any atom is 0.150 e. The molecule has 0 aromatic carbocycles. The zero-order chi connectivity index (χ0) is 10.2. The molecule has 0 aromatic rings. The minimum atomic E-state index is -2.69. The van der Waals surface area contributed by atoms with Crippen molar-refractivity contribution in [2.75, 3.05) is 18.1 Å². The Balaban J connectivity index is 1.72. The summed E-state index contributed by atoms with van der Waals surface area (Å²) in [5.74, 6) is 1.96. The van der Waals surface area contributed by atoms with Crippen LogP contribution in [0.25, 0.3) is 0 Å². The molecule has 1 heterocycles. The molecule has 1 saturated carbocycles. The molecule has 1 N–H and O–H groups in total. The van der Waals surface area contributed by atoms with E-state index in [1.807, 2.05) is 0 Å². The molecule has 0 radical (unpaired) electrons. The fourth-order valence-electron chi connectivity index (χ4n) is 2.32. The third-order valence-corrected chi connectivity index (χ3v) is 5.45. The molecule has 3 nitrogen and oxygen atoms in total. The average molecular weight is 217 g/mol. The van der Waals surface area contributed by atoms with Gasteiger partial charge in [0.15, 0.2) is 9.84 Å². The highest BCUT2D eigenvalue weighted by molar-refractivity contribution is 7.91. The lowest BCUT2D eigenvalue weighted by Crippen LogP contribution is -2.44. The van der Waals surface area contributed by atoms with Crippen LogP contribution in [-0.4, -0.2) is 32.5 Å². The molecular weight excluding hydrogens is 198 g/mol. The molecule has 0 aromatic heterocycles. The second kappa shape index (κ2) is 3.81. The first-order valence-electron chi connectivity index (χ1n) is 5.50. The summed E-state index contributed by atoms with van der Waals surface area (Å²) in [5, 5.41) is 3.48. The summed E-state index contributed by atoms with van der Waals surface area (Å²) in [6.07, 6.45) is 3.44. The average Bonchev–Trinajstić information content (AvgIpc) is 2.43. The highest BCUT2D eigenvalue weighted by Crippen LogP contribution is 2.27. The Bertz CT molecular complexity index is 299. The van der Waals surface area contributed by atoms with Crippen molar-refractivity contribution >= 4 is 9.84 Å². The third kappa shape index (κ3) is 2.28. The van der Waals surface area contributed by atoms with Gasteiger partial charge in [-0.1, -0.05) is 6.92 Å². The summed E-state index contributed by atoms with van der Waals surface area (Å²) in [6, 6.07) is 0.651. The van der Waals surface area contributed by atoms with Crippen LogP contribution in [0.4, 0.5) is 0 Å². The fraction of sp³-hybridized carbons (Fsp3) is 1.00. The number of hydrogen-bond donors (Lipinski definition) is 1. The first kappa shape index (κ1) is 10.4. The largest absolute Gasteiger partial charge is 0.313 e. The first-order valence-corrected chi connectivity index (χ1v) is 7.33. The van der Waals surface area contributed by atoms with Crippen LogP contribution in [0.3, 0.4) is 0 Å². The van der Waals surface area contributed by atoms with E-state index >= 15 is 0 Å². The molecule has 0 spiro atoms. The Morgan fingerprint density at radius 3 is 2.50 bits per heavy atom. The lowest BCUT2D eigenvalue weighted by Gasteiger charge is -2.35. The van der Waals surface area contributed by atoms with Crippen LogP contribution in [0.5, 0.6) is 0 Å². The summed E-state index contributed by atoms with van der Waals surface area (Å²) >= 11 is 0. The van der Waals surface area contributed by atoms with E-state index in [9.17, 15) is 8.42 Å². The normalized spacial score (nSPS) is 40.8. The Hall–Kier alpha value is -0.0900. The van der Waals surface area contributed by atoms with E-state index in [-0.39, 0.29) is 0 Å². The van der Waals surface area contributed by atoms with Crippen LogP contribution < -0.4 is 5.32 Å². The minimum absolute atomic E-state index is 0.368. The van der Waals surface area contributed by atoms with E-state index in [1.165, 1.54) is 12.8 Å². The lowest BCUT2D eigenvalue weighted by molar-refractivity contribution is 0.222. The monoisotopic (exact) mass is 217 g/mol. The van der Waals surface area contributed by atoms with Crippen molar-refractivity contribution in [1.29, 1.82) is 0 Å². The van der Waals surface area contributed by atoms with E-state index in [4.69, 9.17) is 0 Å². The van der Waals surface area contributed by atoms with Gasteiger partial charge in [-0.15, -0.1) is 0 Å². The van der Waals surface area contributed by atoms with Crippen molar-refractivity contribution in [3.63, 3.8) is 0 Å². The molecule has 1 saturated heterocycles. The Labute approximate surface area is 86.2 Å². The number of sulfone groups is 1. The second-order valence-electron chi connectivity index (χ2n) is 4.84. The summed E-state index contributed by atoms with van der Waals surface area (Å²) in [6.45, 7) is 3.15. The van der Waals surface area contributed by atoms with Crippen LogP contribution in [-0.2, 0) is 9.84 Å². The summed E-state index contributed by atoms with van der Waals surface area (Å²) < 4.78 is 22.4. The van der Waals surface area contributed by atoms with Crippen LogP contribution >= 0.6 is 0 Å². The van der Waals surface area contributed by atoms with Gasteiger partial charge in [-0.05, 0) is 37.6 Å². The van der Waals surface area contributed by atoms with Crippen LogP contribution in [0.15, 0.2) is 0 Å². The molecule has 2 aliphatic rings. The lowest BCUT2D eigenvalue weighted by atomic mass is 9.81. The third-order valence-electron chi connectivity index (χ3n) is 3.62. The Morgan fingerprint density at radius 1 is 1.29 bits per heavy atom. The van der Waals surface area contributed by atoms with Gasteiger partial charge in [0, 0.05) is 6.04 Å². The van der Waals surface area contributed by atoms with Gasteiger partial charge in [0.05, 0.1) is 11.5 Å². The highest BCUT2D eigenvalue weighted by atomic mass is 32.2. The van der Waals surface area contributed by atoms with E-state index in [0.29, 0.717) is 23.5 Å². The zero-order valence-corrected chi connectivity index (χ0v) is 9.52. The first-order chi connectivity index (χ1) is 6.57. The van der Waals surface area contributed by atoms with Crippen molar-refractivity contribution in [1.82, 2.24) is 5.32 Å². The SMILES string of the molecule is CC1CCC1NCC1CCS(=O)(=O)C1. The number of hydrogen-bond acceptors (Lipinski definition) is 3. The van der Waals surface area contributed by atoms with Gasteiger partial charge in [0.25, 0.3) is 0 Å². The molecule has 82 valence electrons. The molecular formula is C10H19NO2S. The molecule has 2 fully saturated rings. The van der Waals surface area contributed by atoms with Crippen LogP contribution in [0.1, 0.15) is 26.2 Å². The Kier molecular flexibility index (Phi) is 2.84. The molecule has 0 amide bonds. The van der Waals surface area contributed by atoms with Crippen molar-refractivity contribution in [3.05, 3.63) is 0 Å². The van der Waals surface area contributed by atoms with Crippen LogP contribution in [0, 0.1) is 11.8 Å². The zero-order valence-electron chi connectivity index (χ0n) is 8.70. The molecule has 2 rings (SSSR count). The Morgan fingerprint density at radius 2 is 2.07 bits per heavy atom. The summed E-state index contributed by atoms with van der Waals surface area (Å²) in [5.41, 5.74) is 0. The smallest absolute Gasteiger partial charge is 0.150 e. The van der Waals surface area contributed by atoms with Gasteiger partial charge in [0.1, 0.15) is 0 Å². The molecule has 4 heteroatoms. The molecule has 0 bridgehead atoms. The van der Waals surface area contributed by atoms with Crippen molar-refractivity contribution in [2.45, 2.75) is 32.2 Å². The van der Waals surface area contributed by atoms with Crippen molar-refractivity contribution in [2.24, 2.45) is 11.8 Å². The minimum Gasteiger partial charge on any atom is -0.313 e. The predicted molar refractivity (Wildman–Crippen MR) is 56.9 cm³/mol. The second-order valence-corrected chi connectivity index (χ2v) is 7.07. The summed E-state index contributed by atoms with van der Waals surface area (Å²) in [4.78, 5) is 0. The molecule has 1 aliphatic carbocycles. The molecule has 3 atom stereocenters. The standard InChI is InChI=1S/C10H19NO2S/c1-8-2-3-10(8)11-6-9-4-5-14(12,13)7-9/h8-11H,2-7H2,1H3. The topological polar surface area (TPSA) is 46.2 Å². The van der Waals surface area contributed by atoms with E-state index in [1.54, 1.807) is 0 Å². The van der Waals surface area contributed by atoms with Gasteiger partial charge in [-0.3, -0.25) is 0 Å². The highest BCUT2D eigenvalue weighted by Gasteiger charge is 2.30. The fourth-order valence-corrected chi connectivity index (χ4v) is 4.18. The maximum atomic E-state index is 11.2. The van der Waals surface area contributed by atoms with Gasteiger partial charge in [0.2, 0.25) is 0 Å². The van der Waals surface area contributed by atoms with Gasteiger partial charge in [-0.25, -0.2) is 8.42 Å².